The Morgan fingerprint density at radius 1 is 1.10 bits per heavy atom. The Morgan fingerprint density at radius 2 is 1.95 bits per heavy atom. The molecule has 1 aromatic heterocycles. The van der Waals surface area contributed by atoms with Crippen LogP contribution in [0.4, 0.5) is 11.5 Å². The molecule has 0 spiro atoms. The lowest BCUT2D eigenvalue weighted by Gasteiger charge is -2.26. The van der Waals surface area contributed by atoms with E-state index in [9.17, 15) is 4.79 Å². The van der Waals surface area contributed by atoms with E-state index in [0.717, 1.165) is 25.1 Å². The fraction of sp³-hybridized carbons (Fsp3) is 0.267. The number of nitrogens with one attached hydrogen (secondary N) is 1. The second-order valence-corrected chi connectivity index (χ2v) is 4.74. The van der Waals surface area contributed by atoms with Gasteiger partial charge in [-0.3, -0.25) is 9.63 Å². The van der Waals surface area contributed by atoms with Crippen LogP contribution in [0.5, 0.6) is 0 Å². The van der Waals surface area contributed by atoms with E-state index in [4.69, 9.17) is 4.84 Å². The Bertz CT molecular complexity index is 595. The van der Waals surface area contributed by atoms with Crippen LogP contribution in [0, 0.1) is 0 Å². The van der Waals surface area contributed by atoms with Crippen molar-refractivity contribution >= 4 is 17.4 Å². The van der Waals surface area contributed by atoms with Gasteiger partial charge < -0.3 is 5.32 Å². The van der Waals surface area contributed by atoms with Crippen LogP contribution in [0.3, 0.4) is 0 Å². The van der Waals surface area contributed by atoms with Crippen LogP contribution >= 0.6 is 0 Å². The number of carbonyl (C=O) groups excluding carboxylic acids is 1. The van der Waals surface area contributed by atoms with Gasteiger partial charge in [0.15, 0.2) is 11.5 Å². The smallest absolute Gasteiger partial charge is 0.276 e. The highest BCUT2D eigenvalue weighted by atomic mass is 16.7. The number of benzene rings is 1. The predicted octanol–water partition coefficient (Wildman–Crippen LogP) is 2.26. The molecule has 1 N–H and O–H groups in total. The average molecular weight is 284 g/mol. The third kappa shape index (κ3) is 3.35. The number of para-hydroxylation sites is 1. The fourth-order valence-electron chi connectivity index (χ4n) is 2.07. The zero-order valence-corrected chi connectivity index (χ0v) is 11.5. The van der Waals surface area contributed by atoms with Gasteiger partial charge in [0.1, 0.15) is 0 Å². The molecule has 0 aliphatic carbocycles. The molecule has 6 heteroatoms. The standard InChI is InChI=1S/C15H16N4O2/c20-15(16-12-6-2-1-3-7-12)13-8-9-14(18-17-13)19-10-4-5-11-21-19/h1-3,6-9H,4-5,10-11H2,(H,16,20). The van der Waals surface area contributed by atoms with Gasteiger partial charge in [0.25, 0.3) is 5.91 Å². The minimum absolute atomic E-state index is 0.277. The van der Waals surface area contributed by atoms with Gasteiger partial charge >= 0.3 is 0 Å². The first-order chi connectivity index (χ1) is 10.3. The highest BCUT2D eigenvalue weighted by molar-refractivity contribution is 6.02. The molecule has 0 atom stereocenters. The molecule has 108 valence electrons. The maximum absolute atomic E-state index is 12.0. The van der Waals surface area contributed by atoms with Crippen molar-refractivity contribution in [2.75, 3.05) is 23.5 Å². The molecule has 0 radical (unpaired) electrons. The number of aromatic nitrogens is 2. The number of rotatable bonds is 3. The number of hydrogen-bond acceptors (Lipinski definition) is 5. The van der Waals surface area contributed by atoms with E-state index in [0.29, 0.717) is 12.4 Å². The number of amides is 1. The lowest BCUT2D eigenvalue weighted by atomic mass is 10.3. The van der Waals surface area contributed by atoms with Gasteiger partial charge in [-0.2, -0.15) is 0 Å². The molecule has 1 fully saturated rings. The first kappa shape index (κ1) is 13.5. The van der Waals surface area contributed by atoms with Crippen LogP contribution in [-0.4, -0.2) is 29.3 Å². The maximum Gasteiger partial charge on any atom is 0.276 e. The van der Waals surface area contributed by atoms with E-state index < -0.39 is 0 Å². The number of anilines is 2. The van der Waals surface area contributed by atoms with Gasteiger partial charge in [0, 0.05) is 12.2 Å². The molecule has 1 aromatic carbocycles. The first-order valence-corrected chi connectivity index (χ1v) is 6.93. The largest absolute Gasteiger partial charge is 0.321 e. The lowest BCUT2D eigenvalue weighted by molar-refractivity contribution is 0.0757. The monoisotopic (exact) mass is 284 g/mol. The van der Waals surface area contributed by atoms with Crippen molar-refractivity contribution in [1.82, 2.24) is 10.2 Å². The molecule has 3 rings (SSSR count). The molecule has 1 aliphatic rings. The van der Waals surface area contributed by atoms with E-state index in [2.05, 4.69) is 15.5 Å². The summed E-state index contributed by atoms with van der Waals surface area (Å²) in [5, 5.41) is 12.5. The molecule has 1 saturated heterocycles. The molecule has 2 aromatic rings. The van der Waals surface area contributed by atoms with Crippen molar-refractivity contribution in [1.29, 1.82) is 0 Å². The molecule has 0 unspecified atom stereocenters. The van der Waals surface area contributed by atoms with Crippen molar-refractivity contribution in [2.45, 2.75) is 12.8 Å². The predicted molar refractivity (Wildman–Crippen MR) is 79.0 cm³/mol. The minimum atomic E-state index is -0.278. The Balaban J connectivity index is 1.67. The summed E-state index contributed by atoms with van der Waals surface area (Å²) in [6.45, 7) is 1.49. The highest BCUT2D eigenvalue weighted by Crippen LogP contribution is 2.15. The summed E-state index contributed by atoms with van der Waals surface area (Å²) in [4.78, 5) is 17.5. The van der Waals surface area contributed by atoms with Gasteiger partial charge in [-0.05, 0) is 37.1 Å². The summed E-state index contributed by atoms with van der Waals surface area (Å²) >= 11 is 0. The van der Waals surface area contributed by atoms with E-state index in [-0.39, 0.29) is 11.6 Å². The van der Waals surface area contributed by atoms with Gasteiger partial charge in [-0.1, -0.05) is 18.2 Å². The SMILES string of the molecule is O=C(Nc1ccccc1)c1ccc(N2CCCCO2)nn1. The topological polar surface area (TPSA) is 67.4 Å². The number of hydroxylamine groups is 1. The molecule has 2 heterocycles. The summed E-state index contributed by atoms with van der Waals surface area (Å²) in [6, 6.07) is 12.7. The molecule has 21 heavy (non-hydrogen) atoms. The first-order valence-electron chi connectivity index (χ1n) is 6.93. The molecule has 6 nitrogen and oxygen atoms in total. The van der Waals surface area contributed by atoms with Crippen LogP contribution < -0.4 is 10.4 Å². The van der Waals surface area contributed by atoms with Gasteiger partial charge in [-0.25, -0.2) is 5.06 Å². The zero-order valence-electron chi connectivity index (χ0n) is 11.5. The van der Waals surface area contributed by atoms with Crippen molar-refractivity contribution in [3.05, 3.63) is 48.2 Å². The quantitative estimate of drug-likeness (QED) is 0.936. The highest BCUT2D eigenvalue weighted by Gasteiger charge is 2.15. The maximum atomic E-state index is 12.0. The Morgan fingerprint density at radius 3 is 2.62 bits per heavy atom. The third-order valence-electron chi connectivity index (χ3n) is 3.17. The van der Waals surface area contributed by atoms with E-state index in [1.165, 1.54) is 0 Å². The molecule has 0 bridgehead atoms. The summed E-state index contributed by atoms with van der Waals surface area (Å²) < 4.78 is 0. The van der Waals surface area contributed by atoms with E-state index >= 15 is 0 Å². The molecule has 0 saturated carbocycles. The van der Waals surface area contributed by atoms with E-state index in [1.807, 2.05) is 30.3 Å². The summed E-state index contributed by atoms with van der Waals surface area (Å²) in [5.74, 6) is 0.353. The summed E-state index contributed by atoms with van der Waals surface area (Å²) in [7, 11) is 0. The van der Waals surface area contributed by atoms with Gasteiger partial charge in [0.05, 0.1) is 6.61 Å². The van der Waals surface area contributed by atoms with Gasteiger partial charge in [0.2, 0.25) is 0 Å². The van der Waals surface area contributed by atoms with Crippen molar-refractivity contribution < 1.29 is 9.63 Å². The number of nitrogens with zero attached hydrogens (tertiary/aromatic N) is 3. The van der Waals surface area contributed by atoms with Crippen molar-refractivity contribution in [3.8, 4) is 0 Å². The Kier molecular flexibility index (Phi) is 4.07. The average Bonchev–Trinajstić information content (AvgIpc) is 2.57. The van der Waals surface area contributed by atoms with Crippen molar-refractivity contribution in [2.24, 2.45) is 0 Å². The van der Waals surface area contributed by atoms with Gasteiger partial charge in [-0.15, -0.1) is 10.2 Å². The summed E-state index contributed by atoms with van der Waals surface area (Å²) in [6.07, 6.45) is 2.12. The Labute approximate surface area is 122 Å². The molecule has 1 amide bonds. The van der Waals surface area contributed by atoms with Crippen LogP contribution in [-0.2, 0) is 4.84 Å². The third-order valence-corrected chi connectivity index (χ3v) is 3.17. The van der Waals surface area contributed by atoms with Crippen LogP contribution in [0.2, 0.25) is 0 Å². The normalized spacial score (nSPS) is 14.8. The van der Waals surface area contributed by atoms with Crippen LogP contribution in [0.25, 0.3) is 0 Å². The molecule has 1 aliphatic heterocycles. The fourth-order valence-corrected chi connectivity index (χ4v) is 2.07. The molecular formula is C15H16N4O2. The Hall–Kier alpha value is -2.47. The number of carbonyl (C=O) groups is 1. The van der Waals surface area contributed by atoms with Crippen LogP contribution in [0.15, 0.2) is 42.5 Å². The zero-order chi connectivity index (χ0) is 14.5. The second kappa shape index (κ2) is 6.32. The minimum Gasteiger partial charge on any atom is -0.321 e. The van der Waals surface area contributed by atoms with Crippen LogP contribution in [0.1, 0.15) is 23.3 Å². The second-order valence-electron chi connectivity index (χ2n) is 4.74. The van der Waals surface area contributed by atoms with Crippen molar-refractivity contribution in [3.63, 3.8) is 0 Å². The number of hydrogen-bond donors (Lipinski definition) is 1. The molecular weight excluding hydrogens is 268 g/mol. The summed E-state index contributed by atoms with van der Waals surface area (Å²) in [5.41, 5.74) is 1.01. The lowest BCUT2D eigenvalue weighted by Crippen LogP contribution is -2.30. The van der Waals surface area contributed by atoms with E-state index in [1.54, 1.807) is 17.2 Å².